The highest BCUT2D eigenvalue weighted by molar-refractivity contribution is 5.95. The number of carbonyl (C=O) groups is 3. The number of ether oxygens (including phenoxy) is 1. The molecule has 4 amide bonds. The van der Waals surface area contributed by atoms with Crippen molar-refractivity contribution in [2.45, 2.75) is 45.9 Å². The molecule has 206 valence electrons. The molecule has 4 rings (SSSR count). The molecule has 1 saturated heterocycles. The molecule has 0 radical (unpaired) electrons. The van der Waals surface area contributed by atoms with E-state index < -0.39 is 29.1 Å². The lowest BCUT2D eigenvalue weighted by molar-refractivity contribution is -0.384. The van der Waals surface area contributed by atoms with Gasteiger partial charge in [0.1, 0.15) is 0 Å². The molecule has 1 atom stereocenters. The second-order valence-electron chi connectivity index (χ2n) is 9.90. The summed E-state index contributed by atoms with van der Waals surface area (Å²) in [6.07, 6.45) is 0.0598. The third kappa shape index (κ3) is 6.36. The zero-order valence-electron chi connectivity index (χ0n) is 22.3. The van der Waals surface area contributed by atoms with Gasteiger partial charge in [-0.1, -0.05) is 42.5 Å². The summed E-state index contributed by atoms with van der Waals surface area (Å²) < 4.78 is 5.47. The number of benzene rings is 2. The van der Waals surface area contributed by atoms with Gasteiger partial charge < -0.3 is 24.8 Å². The molecule has 1 unspecified atom stereocenters. The van der Waals surface area contributed by atoms with E-state index >= 15 is 0 Å². The van der Waals surface area contributed by atoms with Crippen LogP contribution in [0.15, 0.2) is 65.9 Å². The van der Waals surface area contributed by atoms with Gasteiger partial charge in [-0.3, -0.25) is 10.1 Å². The molecule has 1 N–H and O–H groups in total. The number of nitrogens with one attached hydrogen (secondary N) is 1. The van der Waals surface area contributed by atoms with Crippen LogP contribution >= 0.6 is 0 Å². The molecule has 39 heavy (non-hydrogen) atoms. The second kappa shape index (κ2) is 12.0. The molecule has 1 fully saturated rings. The zero-order valence-corrected chi connectivity index (χ0v) is 22.3. The number of hydrogen-bond acceptors (Lipinski definition) is 6. The highest BCUT2D eigenvalue weighted by atomic mass is 16.6. The molecule has 0 aromatic heterocycles. The van der Waals surface area contributed by atoms with Crippen LogP contribution in [0.25, 0.3) is 0 Å². The molecule has 11 nitrogen and oxygen atoms in total. The Kier molecular flexibility index (Phi) is 8.48. The Morgan fingerprint density at radius 1 is 1.08 bits per heavy atom. The molecule has 2 aliphatic heterocycles. The molecule has 2 aromatic rings. The maximum atomic E-state index is 13.2. The van der Waals surface area contributed by atoms with Crippen LogP contribution in [0.2, 0.25) is 0 Å². The summed E-state index contributed by atoms with van der Waals surface area (Å²) in [6.45, 7) is 7.43. The van der Waals surface area contributed by atoms with Crippen LogP contribution in [0.3, 0.4) is 0 Å². The van der Waals surface area contributed by atoms with Gasteiger partial charge in [0.15, 0.2) is 0 Å². The van der Waals surface area contributed by atoms with Crippen molar-refractivity contribution in [1.29, 1.82) is 0 Å². The van der Waals surface area contributed by atoms with Crippen molar-refractivity contribution < 1.29 is 24.0 Å². The van der Waals surface area contributed by atoms with Gasteiger partial charge in [-0.25, -0.2) is 14.4 Å². The Morgan fingerprint density at radius 3 is 2.49 bits per heavy atom. The predicted molar refractivity (Wildman–Crippen MR) is 143 cm³/mol. The van der Waals surface area contributed by atoms with Gasteiger partial charge in [0.05, 0.1) is 22.6 Å². The summed E-state index contributed by atoms with van der Waals surface area (Å²) in [6, 6.07) is 14.3. The van der Waals surface area contributed by atoms with Crippen LogP contribution in [0.5, 0.6) is 0 Å². The number of esters is 1. The standard InChI is InChI=1S/C28H33N5O6/c1-19(2)39-26(34)24-20(3)29-27(35)32(25(24)22-11-7-12-23(17-22)33(37)38)14-8-13-30-15-16-31(28(30)36)18-21-9-5-4-6-10-21/h4-7,9-12,17,19,25H,8,13-16,18H2,1-3H3,(H,29,35). The zero-order chi connectivity index (χ0) is 28.1. The van der Waals surface area contributed by atoms with Gasteiger partial charge in [-0.2, -0.15) is 0 Å². The molecule has 0 bridgehead atoms. The van der Waals surface area contributed by atoms with Gasteiger partial charge in [0.25, 0.3) is 5.69 Å². The number of hydrogen-bond donors (Lipinski definition) is 1. The van der Waals surface area contributed by atoms with Crippen molar-refractivity contribution in [2.24, 2.45) is 0 Å². The maximum Gasteiger partial charge on any atom is 0.338 e. The fourth-order valence-electron chi connectivity index (χ4n) is 4.93. The third-order valence-corrected chi connectivity index (χ3v) is 6.73. The van der Waals surface area contributed by atoms with E-state index in [1.165, 1.54) is 23.1 Å². The average Bonchev–Trinajstić information content (AvgIpc) is 3.23. The Balaban J connectivity index is 1.52. The number of nitrogens with zero attached hydrogens (tertiary/aromatic N) is 4. The number of non-ortho nitro benzene ring substituents is 1. The van der Waals surface area contributed by atoms with E-state index in [0.29, 0.717) is 43.9 Å². The van der Waals surface area contributed by atoms with E-state index in [2.05, 4.69) is 5.32 Å². The SMILES string of the molecule is CC1=C(C(=O)OC(C)C)C(c2cccc([N+](=O)[O-])c2)N(CCCN2CCN(Cc3ccccc3)C2=O)C(=O)N1. The predicted octanol–water partition coefficient (Wildman–Crippen LogP) is 4.21. The first-order valence-corrected chi connectivity index (χ1v) is 13.0. The minimum atomic E-state index is -0.881. The summed E-state index contributed by atoms with van der Waals surface area (Å²) in [4.78, 5) is 55.2. The van der Waals surface area contributed by atoms with Gasteiger partial charge in [-0.05, 0) is 38.3 Å². The Bertz CT molecular complexity index is 1280. The lowest BCUT2D eigenvalue weighted by Crippen LogP contribution is -2.49. The van der Waals surface area contributed by atoms with Crippen molar-refractivity contribution in [3.05, 3.63) is 87.1 Å². The van der Waals surface area contributed by atoms with Crippen molar-refractivity contribution in [1.82, 2.24) is 20.0 Å². The topological polar surface area (TPSA) is 125 Å². The minimum Gasteiger partial charge on any atom is -0.459 e. The van der Waals surface area contributed by atoms with Gasteiger partial charge >= 0.3 is 18.0 Å². The smallest absolute Gasteiger partial charge is 0.338 e. The second-order valence-corrected chi connectivity index (χ2v) is 9.90. The molecule has 0 spiro atoms. The summed E-state index contributed by atoms with van der Waals surface area (Å²) in [7, 11) is 0. The summed E-state index contributed by atoms with van der Waals surface area (Å²) in [5, 5.41) is 14.2. The molecular weight excluding hydrogens is 502 g/mol. The first-order valence-electron chi connectivity index (χ1n) is 13.0. The van der Waals surface area contributed by atoms with Crippen LogP contribution < -0.4 is 5.32 Å². The summed E-state index contributed by atoms with van der Waals surface area (Å²) in [5.41, 5.74) is 1.90. The van der Waals surface area contributed by atoms with E-state index in [9.17, 15) is 24.5 Å². The van der Waals surface area contributed by atoms with Crippen molar-refractivity contribution in [3.8, 4) is 0 Å². The highest BCUT2D eigenvalue weighted by Gasteiger charge is 2.39. The van der Waals surface area contributed by atoms with Crippen molar-refractivity contribution in [2.75, 3.05) is 26.2 Å². The first-order chi connectivity index (χ1) is 18.7. The number of rotatable bonds is 10. The fraction of sp³-hybridized carbons (Fsp3) is 0.393. The summed E-state index contributed by atoms with van der Waals surface area (Å²) in [5.74, 6) is -0.602. The van der Waals surface area contributed by atoms with Crippen molar-refractivity contribution >= 4 is 23.7 Å². The fourth-order valence-corrected chi connectivity index (χ4v) is 4.93. The lowest BCUT2D eigenvalue weighted by Gasteiger charge is -2.38. The Labute approximate surface area is 227 Å². The summed E-state index contributed by atoms with van der Waals surface area (Å²) >= 11 is 0. The van der Waals surface area contributed by atoms with Crippen LogP contribution in [-0.4, -0.2) is 69.9 Å². The van der Waals surface area contributed by atoms with E-state index in [0.717, 1.165) is 5.56 Å². The number of carbonyl (C=O) groups excluding carboxylic acids is 3. The molecule has 11 heteroatoms. The average molecular weight is 536 g/mol. The number of urea groups is 2. The maximum absolute atomic E-state index is 13.2. The number of amides is 4. The minimum absolute atomic E-state index is 0.0610. The Hall–Kier alpha value is -4.41. The van der Waals surface area contributed by atoms with Crippen LogP contribution in [0.1, 0.15) is 44.4 Å². The highest BCUT2D eigenvalue weighted by Crippen LogP contribution is 2.36. The van der Waals surface area contributed by atoms with E-state index in [-0.39, 0.29) is 23.8 Å². The quantitative estimate of drug-likeness (QED) is 0.276. The van der Waals surface area contributed by atoms with E-state index in [1.54, 1.807) is 36.6 Å². The van der Waals surface area contributed by atoms with Crippen LogP contribution in [-0.2, 0) is 16.1 Å². The van der Waals surface area contributed by atoms with Crippen molar-refractivity contribution in [3.63, 3.8) is 0 Å². The lowest BCUT2D eigenvalue weighted by atomic mass is 9.93. The number of allylic oxidation sites excluding steroid dienone is 1. The first kappa shape index (κ1) is 27.6. The molecule has 0 saturated carbocycles. The molecule has 0 aliphatic carbocycles. The van der Waals surface area contributed by atoms with Crippen LogP contribution in [0.4, 0.5) is 15.3 Å². The molecule has 2 heterocycles. The largest absolute Gasteiger partial charge is 0.459 e. The van der Waals surface area contributed by atoms with Gasteiger partial charge in [0.2, 0.25) is 0 Å². The Morgan fingerprint density at radius 2 is 1.79 bits per heavy atom. The van der Waals surface area contributed by atoms with Crippen LogP contribution in [0, 0.1) is 10.1 Å². The molecule has 2 aliphatic rings. The van der Waals surface area contributed by atoms with Gasteiger partial charge in [-0.15, -0.1) is 0 Å². The van der Waals surface area contributed by atoms with Gasteiger partial charge in [0, 0.05) is 50.6 Å². The third-order valence-electron chi connectivity index (χ3n) is 6.73. The normalized spacial score (nSPS) is 17.6. The number of nitro groups is 1. The van der Waals surface area contributed by atoms with E-state index in [1.807, 2.05) is 30.3 Å². The number of nitro benzene ring substituents is 1. The molecular formula is C28H33N5O6. The molecule has 2 aromatic carbocycles. The van der Waals surface area contributed by atoms with E-state index in [4.69, 9.17) is 4.74 Å². The monoisotopic (exact) mass is 535 g/mol.